The smallest absolute Gasteiger partial charge is 0.251 e. The summed E-state index contributed by atoms with van der Waals surface area (Å²) < 4.78 is 32.2. The van der Waals surface area contributed by atoms with Gasteiger partial charge in [-0.2, -0.15) is 5.10 Å². The number of pyridine rings is 1. The van der Waals surface area contributed by atoms with Crippen molar-refractivity contribution in [3.63, 3.8) is 0 Å². The van der Waals surface area contributed by atoms with Crippen LogP contribution in [0.4, 0.5) is 0 Å². The highest BCUT2D eigenvalue weighted by molar-refractivity contribution is 7.89. The van der Waals surface area contributed by atoms with Gasteiger partial charge in [-0.3, -0.25) is 4.79 Å². The molecule has 1 aliphatic rings. The van der Waals surface area contributed by atoms with Crippen LogP contribution in [0.15, 0.2) is 24.7 Å². The minimum atomic E-state index is -3.36. The van der Waals surface area contributed by atoms with Crippen molar-refractivity contribution in [1.82, 2.24) is 24.2 Å². The summed E-state index contributed by atoms with van der Waals surface area (Å²) in [6.45, 7) is 0.605. The van der Waals surface area contributed by atoms with E-state index in [1.165, 1.54) is 24.7 Å². The summed E-state index contributed by atoms with van der Waals surface area (Å²) in [7, 11) is -0.371. The number of fused-ring (bicyclic) bond motifs is 1. The Kier molecular flexibility index (Phi) is 4.52. The molecule has 1 aliphatic heterocycles. The van der Waals surface area contributed by atoms with Crippen LogP contribution in [-0.4, -0.2) is 72.3 Å². The number of carbonyl (C=O) groups excluding carboxylic acids is 1. The van der Waals surface area contributed by atoms with E-state index in [0.717, 1.165) is 0 Å². The molecule has 10 heteroatoms. The first-order valence-corrected chi connectivity index (χ1v) is 9.06. The first kappa shape index (κ1) is 16.8. The third kappa shape index (κ3) is 3.40. The fraction of sp³-hybridized carbons (Fsp3) is 0.500. The third-order valence-electron chi connectivity index (χ3n) is 4.04. The molecule has 130 valence electrons. The van der Waals surface area contributed by atoms with Gasteiger partial charge in [0.1, 0.15) is 6.33 Å². The SMILES string of the molecule is CN(C)S(=O)(=O)C[C@@H]1COC[C@H]1NC(=O)c1ccn2ncnc2c1. The largest absolute Gasteiger partial charge is 0.379 e. The molecule has 1 N–H and O–H groups in total. The van der Waals surface area contributed by atoms with Gasteiger partial charge in [-0.1, -0.05) is 0 Å². The van der Waals surface area contributed by atoms with Crippen LogP contribution in [0.1, 0.15) is 10.4 Å². The van der Waals surface area contributed by atoms with Gasteiger partial charge in [0.2, 0.25) is 10.0 Å². The van der Waals surface area contributed by atoms with Gasteiger partial charge in [0, 0.05) is 31.8 Å². The van der Waals surface area contributed by atoms with Crippen LogP contribution in [0.3, 0.4) is 0 Å². The number of ether oxygens (including phenoxy) is 1. The van der Waals surface area contributed by atoms with Crippen molar-refractivity contribution in [2.24, 2.45) is 5.92 Å². The van der Waals surface area contributed by atoms with E-state index in [-0.39, 0.29) is 23.6 Å². The van der Waals surface area contributed by atoms with E-state index in [2.05, 4.69) is 15.4 Å². The molecule has 0 unspecified atom stereocenters. The van der Waals surface area contributed by atoms with Gasteiger partial charge in [-0.05, 0) is 12.1 Å². The van der Waals surface area contributed by atoms with Crippen LogP contribution >= 0.6 is 0 Å². The summed E-state index contributed by atoms with van der Waals surface area (Å²) in [5.74, 6) is -0.629. The minimum absolute atomic E-state index is 0.0613. The highest BCUT2D eigenvalue weighted by Gasteiger charge is 2.34. The first-order valence-electron chi connectivity index (χ1n) is 7.45. The Morgan fingerprint density at radius 3 is 3.00 bits per heavy atom. The Morgan fingerprint density at radius 1 is 1.46 bits per heavy atom. The molecule has 9 nitrogen and oxygen atoms in total. The molecular weight excluding hydrogens is 334 g/mol. The molecule has 0 radical (unpaired) electrons. The second-order valence-electron chi connectivity index (χ2n) is 5.92. The van der Waals surface area contributed by atoms with Gasteiger partial charge in [0.25, 0.3) is 5.91 Å². The number of amides is 1. The van der Waals surface area contributed by atoms with Crippen molar-refractivity contribution in [2.75, 3.05) is 33.1 Å². The monoisotopic (exact) mass is 353 g/mol. The van der Waals surface area contributed by atoms with Crippen LogP contribution < -0.4 is 5.32 Å². The van der Waals surface area contributed by atoms with Gasteiger partial charge in [0.15, 0.2) is 5.65 Å². The molecule has 0 aliphatic carbocycles. The van der Waals surface area contributed by atoms with E-state index in [1.54, 1.807) is 22.8 Å². The molecule has 1 saturated heterocycles. The van der Waals surface area contributed by atoms with Gasteiger partial charge in [-0.25, -0.2) is 22.2 Å². The summed E-state index contributed by atoms with van der Waals surface area (Å²) >= 11 is 0. The molecule has 0 bridgehead atoms. The van der Waals surface area contributed by atoms with Gasteiger partial charge in [0.05, 0.1) is 25.0 Å². The second-order valence-corrected chi connectivity index (χ2v) is 8.14. The quantitative estimate of drug-likeness (QED) is 0.767. The van der Waals surface area contributed by atoms with E-state index < -0.39 is 10.0 Å². The van der Waals surface area contributed by atoms with Gasteiger partial charge < -0.3 is 10.1 Å². The molecule has 0 spiro atoms. The molecule has 2 atom stereocenters. The van der Waals surface area contributed by atoms with Crippen molar-refractivity contribution < 1.29 is 17.9 Å². The lowest BCUT2D eigenvalue weighted by atomic mass is 10.1. The van der Waals surface area contributed by atoms with Crippen molar-refractivity contribution in [1.29, 1.82) is 0 Å². The molecule has 1 amide bonds. The lowest BCUT2D eigenvalue weighted by Crippen LogP contribution is -2.43. The zero-order valence-electron chi connectivity index (χ0n) is 13.4. The fourth-order valence-corrected chi connectivity index (χ4v) is 3.72. The topological polar surface area (TPSA) is 106 Å². The maximum Gasteiger partial charge on any atom is 0.251 e. The summed E-state index contributed by atoms with van der Waals surface area (Å²) in [5.41, 5.74) is 1.01. The normalized spacial score (nSPS) is 21.5. The highest BCUT2D eigenvalue weighted by Crippen LogP contribution is 2.18. The van der Waals surface area contributed by atoms with E-state index >= 15 is 0 Å². The second kappa shape index (κ2) is 6.46. The molecule has 2 aromatic heterocycles. The fourth-order valence-electron chi connectivity index (χ4n) is 2.55. The highest BCUT2D eigenvalue weighted by atomic mass is 32.2. The molecule has 2 aromatic rings. The Bertz CT molecular complexity index is 848. The molecule has 3 heterocycles. The third-order valence-corrected chi connectivity index (χ3v) is 6.00. The lowest BCUT2D eigenvalue weighted by molar-refractivity contribution is 0.0926. The van der Waals surface area contributed by atoms with Crippen LogP contribution in [-0.2, 0) is 14.8 Å². The van der Waals surface area contributed by atoms with Crippen molar-refractivity contribution in [2.45, 2.75) is 6.04 Å². The Labute approximate surface area is 139 Å². The predicted octanol–water partition coefficient (Wildman–Crippen LogP) is -0.634. The van der Waals surface area contributed by atoms with Gasteiger partial charge in [-0.15, -0.1) is 0 Å². The summed E-state index contributed by atoms with van der Waals surface area (Å²) in [6.07, 6.45) is 3.06. The lowest BCUT2D eigenvalue weighted by Gasteiger charge is -2.21. The van der Waals surface area contributed by atoms with Crippen LogP contribution in [0.2, 0.25) is 0 Å². The number of hydrogen-bond acceptors (Lipinski definition) is 6. The predicted molar refractivity (Wildman–Crippen MR) is 86.0 cm³/mol. The van der Waals surface area contributed by atoms with Crippen LogP contribution in [0.5, 0.6) is 0 Å². The van der Waals surface area contributed by atoms with Crippen molar-refractivity contribution in [3.05, 3.63) is 30.2 Å². The summed E-state index contributed by atoms with van der Waals surface area (Å²) in [5, 5.41) is 6.83. The number of aromatic nitrogens is 3. The number of rotatable bonds is 5. The van der Waals surface area contributed by atoms with E-state index in [4.69, 9.17) is 4.74 Å². The van der Waals surface area contributed by atoms with Gasteiger partial charge >= 0.3 is 0 Å². The average Bonchev–Trinajstić information content (AvgIpc) is 3.15. The molecule has 24 heavy (non-hydrogen) atoms. The van der Waals surface area contributed by atoms with Crippen molar-refractivity contribution >= 4 is 21.6 Å². The summed E-state index contributed by atoms with van der Waals surface area (Å²) in [6, 6.07) is 2.92. The number of nitrogens with one attached hydrogen (secondary N) is 1. The molecule has 0 saturated carbocycles. The van der Waals surface area contributed by atoms with Crippen LogP contribution in [0.25, 0.3) is 5.65 Å². The number of hydrogen-bond donors (Lipinski definition) is 1. The Balaban J connectivity index is 1.70. The number of carbonyl (C=O) groups is 1. The first-order chi connectivity index (χ1) is 11.4. The molecule has 1 fully saturated rings. The van der Waals surface area contributed by atoms with Crippen LogP contribution in [0, 0.1) is 5.92 Å². The molecular formula is C14H19N5O4S. The zero-order valence-corrected chi connectivity index (χ0v) is 14.2. The maximum atomic E-state index is 12.4. The zero-order chi connectivity index (χ0) is 17.3. The van der Waals surface area contributed by atoms with Crippen molar-refractivity contribution in [3.8, 4) is 0 Å². The summed E-state index contributed by atoms with van der Waals surface area (Å²) in [4.78, 5) is 16.5. The Hall–Kier alpha value is -2.04. The van der Waals surface area contributed by atoms with E-state index in [0.29, 0.717) is 24.4 Å². The Morgan fingerprint density at radius 2 is 2.25 bits per heavy atom. The molecule has 0 aromatic carbocycles. The van der Waals surface area contributed by atoms with E-state index in [1.807, 2.05) is 0 Å². The van der Waals surface area contributed by atoms with E-state index in [9.17, 15) is 13.2 Å². The molecule has 3 rings (SSSR count). The minimum Gasteiger partial charge on any atom is -0.379 e. The number of nitrogens with zero attached hydrogens (tertiary/aromatic N) is 4. The standard InChI is InChI=1S/C14H19N5O4S/c1-18(2)24(21,22)8-11-6-23-7-12(11)17-14(20)10-3-4-19-13(5-10)15-9-16-19/h3-5,9,11-12H,6-8H2,1-2H3,(H,17,20)/t11-,12+/m0/s1. The average molecular weight is 353 g/mol. The maximum absolute atomic E-state index is 12.4. The number of sulfonamides is 1.